The number of carbonyl (C=O) groups excluding carboxylic acids is 1. The zero-order chi connectivity index (χ0) is 9.05. The first kappa shape index (κ1) is 7.74. The maximum atomic E-state index is 11.3. The van der Waals surface area contributed by atoms with Gasteiger partial charge in [0.25, 0.3) is 0 Å². The molecule has 0 radical (unpaired) electrons. The van der Waals surface area contributed by atoms with Crippen molar-refractivity contribution in [2.24, 2.45) is 5.41 Å². The van der Waals surface area contributed by atoms with Gasteiger partial charge in [-0.25, -0.2) is 0 Å². The van der Waals surface area contributed by atoms with E-state index in [1.54, 1.807) is 0 Å². The Morgan fingerprint density at radius 3 is 3.31 bits per heavy atom. The van der Waals surface area contributed by atoms with E-state index in [1.807, 2.05) is 6.08 Å². The minimum Gasteiger partial charge on any atom is -0.303 e. The number of fused-ring (bicyclic) bond motifs is 1. The van der Waals surface area contributed by atoms with Crippen molar-refractivity contribution in [1.29, 1.82) is 0 Å². The largest absolute Gasteiger partial charge is 0.303 e. The Kier molecular flexibility index (Phi) is 1.33. The van der Waals surface area contributed by atoms with Gasteiger partial charge in [-0.1, -0.05) is 5.57 Å². The summed E-state index contributed by atoms with van der Waals surface area (Å²) in [6.45, 7) is 1.18. The summed E-state index contributed by atoms with van der Waals surface area (Å²) in [4.78, 5) is 13.8. The molecule has 0 aromatic rings. The number of hydrogen-bond donors (Lipinski definition) is 0. The Morgan fingerprint density at radius 1 is 1.62 bits per heavy atom. The molecule has 70 valence electrons. The van der Waals surface area contributed by atoms with Crippen LogP contribution >= 0.6 is 0 Å². The van der Waals surface area contributed by atoms with Gasteiger partial charge < -0.3 is 4.90 Å². The van der Waals surface area contributed by atoms with Crippen molar-refractivity contribution in [3.8, 4) is 0 Å². The fraction of sp³-hybridized carbons (Fsp3) is 0.727. The Labute approximate surface area is 78.6 Å². The van der Waals surface area contributed by atoms with Gasteiger partial charge >= 0.3 is 0 Å². The van der Waals surface area contributed by atoms with Crippen LogP contribution in [0.3, 0.4) is 0 Å². The molecule has 2 heteroatoms. The van der Waals surface area contributed by atoms with E-state index in [0.717, 1.165) is 18.9 Å². The third-order valence-electron chi connectivity index (χ3n) is 4.18. The normalized spacial score (nSPS) is 43.6. The van der Waals surface area contributed by atoms with Gasteiger partial charge in [0.15, 0.2) is 5.78 Å². The summed E-state index contributed by atoms with van der Waals surface area (Å²) in [6.07, 6.45) is 6.34. The Morgan fingerprint density at radius 2 is 2.46 bits per heavy atom. The van der Waals surface area contributed by atoms with Crippen LogP contribution < -0.4 is 0 Å². The molecular weight excluding hydrogens is 162 g/mol. The molecule has 0 aromatic heterocycles. The van der Waals surface area contributed by atoms with Crippen molar-refractivity contribution in [1.82, 2.24) is 4.90 Å². The van der Waals surface area contributed by atoms with Gasteiger partial charge in [0.05, 0.1) is 0 Å². The van der Waals surface area contributed by atoms with E-state index in [4.69, 9.17) is 0 Å². The summed E-state index contributed by atoms with van der Waals surface area (Å²) >= 11 is 0. The average Bonchev–Trinajstić information content (AvgIpc) is 2.49. The van der Waals surface area contributed by atoms with E-state index in [2.05, 4.69) is 11.9 Å². The molecule has 3 rings (SSSR count). The smallest absolute Gasteiger partial charge is 0.156 e. The van der Waals surface area contributed by atoms with Crippen LogP contribution in [0.2, 0.25) is 0 Å². The monoisotopic (exact) mass is 177 g/mol. The van der Waals surface area contributed by atoms with E-state index in [-0.39, 0.29) is 0 Å². The van der Waals surface area contributed by atoms with Crippen LogP contribution in [0.5, 0.6) is 0 Å². The molecule has 1 heterocycles. The van der Waals surface area contributed by atoms with Crippen LogP contribution in [0.1, 0.15) is 25.7 Å². The van der Waals surface area contributed by atoms with Crippen LogP contribution in [-0.2, 0) is 4.79 Å². The number of likely N-dealkylation sites (tertiary alicyclic amines) is 1. The van der Waals surface area contributed by atoms with Crippen LogP contribution in [0, 0.1) is 5.41 Å². The van der Waals surface area contributed by atoms with E-state index >= 15 is 0 Å². The van der Waals surface area contributed by atoms with Crippen molar-refractivity contribution < 1.29 is 4.79 Å². The molecule has 2 unspecified atom stereocenters. The molecular formula is C11H15NO. The number of allylic oxidation sites excluding steroid dienone is 1. The molecule has 0 aromatic carbocycles. The summed E-state index contributed by atoms with van der Waals surface area (Å²) in [5, 5.41) is 0. The third kappa shape index (κ3) is 0.896. The zero-order valence-corrected chi connectivity index (χ0v) is 8.05. The summed E-state index contributed by atoms with van der Waals surface area (Å²) in [5.41, 5.74) is 1.79. The Bertz CT molecular complexity index is 307. The number of piperidine rings is 1. The summed E-state index contributed by atoms with van der Waals surface area (Å²) in [5.74, 6) is 0.373. The first-order chi connectivity index (χ1) is 6.20. The van der Waals surface area contributed by atoms with Crippen molar-refractivity contribution >= 4 is 5.78 Å². The third-order valence-corrected chi connectivity index (χ3v) is 4.18. The standard InChI is InChI=1S/C11H15NO/c1-12-3-2-11-6-9(12)4-8(11)5-10(13)7-11/h5,9H,2-4,6-7H2,1H3. The Hall–Kier alpha value is -0.630. The summed E-state index contributed by atoms with van der Waals surface area (Å²) in [7, 11) is 2.21. The lowest BCUT2D eigenvalue weighted by Crippen LogP contribution is -2.38. The van der Waals surface area contributed by atoms with E-state index in [9.17, 15) is 4.79 Å². The highest BCUT2D eigenvalue weighted by atomic mass is 16.1. The predicted molar refractivity (Wildman–Crippen MR) is 50.4 cm³/mol. The minimum atomic E-state index is 0.328. The van der Waals surface area contributed by atoms with Crippen molar-refractivity contribution in [3.63, 3.8) is 0 Å². The van der Waals surface area contributed by atoms with Gasteiger partial charge in [-0.3, -0.25) is 4.79 Å². The molecule has 1 spiro atoms. The quantitative estimate of drug-likeness (QED) is 0.557. The highest BCUT2D eigenvalue weighted by molar-refractivity contribution is 5.94. The second-order valence-corrected chi connectivity index (χ2v) is 4.89. The molecule has 2 bridgehead atoms. The van der Waals surface area contributed by atoms with Crippen LogP contribution in [0.25, 0.3) is 0 Å². The van der Waals surface area contributed by atoms with Crippen molar-refractivity contribution in [2.75, 3.05) is 13.6 Å². The number of ketones is 1. The lowest BCUT2D eigenvalue weighted by Gasteiger charge is -2.36. The van der Waals surface area contributed by atoms with Crippen LogP contribution in [0.15, 0.2) is 11.6 Å². The van der Waals surface area contributed by atoms with Gasteiger partial charge in [-0.15, -0.1) is 0 Å². The van der Waals surface area contributed by atoms with Crippen LogP contribution in [0.4, 0.5) is 0 Å². The van der Waals surface area contributed by atoms with E-state index in [1.165, 1.54) is 25.0 Å². The molecule has 1 saturated carbocycles. The van der Waals surface area contributed by atoms with Gasteiger partial charge in [0.1, 0.15) is 0 Å². The molecule has 0 amide bonds. The predicted octanol–water partition coefficient (Wildman–Crippen LogP) is 1.37. The molecule has 0 N–H and O–H groups in total. The Balaban J connectivity index is 2.00. The molecule has 1 saturated heterocycles. The molecule has 2 nitrogen and oxygen atoms in total. The fourth-order valence-electron chi connectivity index (χ4n) is 3.34. The molecule has 2 fully saturated rings. The van der Waals surface area contributed by atoms with Gasteiger partial charge in [-0.05, 0) is 38.9 Å². The number of rotatable bonds is 0. The second kappa shape index (κ2) is 2.24. The summed E-state index contributed by atoms with van der Waals surface area (Å²) in [6, 6.07) is 0.730. The SMILES string of the molecule is CN1CCC23CC(=O)C=C2CC1C3. The minimum absolute atomic E-state index is 0.328. The lowest BCUT2D eigenvalue weighted by atomic mass is 9.78. The molecule has 3 aliphatic rings. The average molecular weight is 177 g/mol. The van der Waals surface area contributed by atoms with Gasteiger partial charge in [-0.2, -0.15) is 0 Å². The number of carbonyl (C=O) groups is 1. The lowest BCUT2D eigenvalue weighted by molar-refractivity contribution is -0.115. The maximum Gasteiger partial charge on any atom is 0.156 e. The molecule has 13 heavy (non-hydrogen) atoms. The highest BCUT2D eigenvalue weighted by Gasteiger charge is 2.51. The summed E-state index contributed by atoms with van der Waals surface area (Å²) < 4.78 is 0. The van der Waals surface area contributed by atoms with E-state index < -0.39 is 0 Å². The number of nitrogens with zero attached hydrogens (tertiary/aromatic N) is 1. The van der Waals surface area contributed by atoms with E-state index in [0.29, 0.717) is 11.2 Å². The zero-order valence-electron chi connectivity index (χ0n) is 8.05. The van der Waals surface area contributed by atoms with Gasteiger partial charge in [0, 0.05) is 17.9 Å². The highest BCUT2D eigenvalue weighted by Crippen LogP contribution is 2.55. The van der Waals surface area contributed by atoms with Crippen molar-refractivity contribution in [2.45, 2.75) is 31.7 Å². The first-order valence-electron chi connectivity index (χ1n) is 5.14. The van der Waals surface area contributed by atoms with Gasteiger partial charge in [0.2, 0.25) is 0 Å². The second-order valence-electron chi connectivity index (χ2n) is 4.89. The topological polar surface area (TPSA) is 20.3 Å². The first-order valence-corrected chi connectivity index (χ1v) is 5.14. The molecule has 2 aliphatic carbocycles. The number of hydrogen-bond acceptors (Lipinski definition) is 2. The fourth-order valence-corrected chi connectivity index (χ4v) is 3.34. The molecule has 1 aliphatic heterocycles. The van der Waals surface area contributed by atoms with Crippen LogP contribution in [-0.4, -0.2) is 30.3 Å². The molecule has 2 atom stereocenters. The van der Waals surface area contributed by atoms with Crippen molar-refractivity contribution in [3.05, 3.63) is 11.6 Å². The maximum absolute atomic E-state index is 11.3.